The topological polar surface area (TPSA) is 78.9 Å². The number of carbonyl (C=O) groups excluding carboxylic acids is 3. The molecule has 0 saturated heterocycles. The molecule has 0 saturated carbocycles. The number of ether oxygens (including phenoxy) is 3. The van der Waals surface area contributed by atoms with Crippen molar-refractivity contribution in [1.29, 1.82) is 0 Å². The first-order valence-electron chi connectivity index (χ1n) is 24.5. The normalized spacial score (nSPS) is 13.0. The van der Waals surface area contributed by atoms with Gasteiger partial charge in [-0.05, 0) is 77.0 Å². The van der Waals surface area contributed by atoms with E-state index in [1.807, 2.05) is 54.7 Å². The second kappa shape index (κ2) is 48.7. The van der Waals surface area contributed by atoms with Crippen molar-refractivity contribution in [3.05, 3.63) is 109 Å². The maximum Gasteiger partial charge on any atom is 0.306 e. The van der Waals surface area contributed by atoms with Gasteiger partial charge in [0.25, 0.3) is 0 Å². The van der Waals surface area contributed by atoms with Crippen LogP contribution in [0.3, 0.4) is 0 Å². The maximum absolute atomic E-state index is 12.8. The molecular formula is C55H88O6. The number of allylic oxidation sites excluding steroid dienone is 18. The van der Waals surface area contributed by atoms with Crippen molar-refractivity contribution in [2.75, 3.05) is 13.2 Å². The van der Waals surface area contributed by atoms with E-state index < -0.39 is 6.10 Å². The first-order chi connectivity index (χ1) is 30.0. The summed E-state index contributed by atoms with van der Waals surface area (Å²) in [6.45, 7) is 6.25. The van der Waals surface area contributed by atoms with Crippen LogP contribution in [0.1, 0.15) is 201 Å². The molecular weight excluding hydrogens is 757 g/mol. The molecule has 0 heterocycles. The zero-order chi connectivity index (χ0) is 44.4. The molecule has 0 aliphatic carbocycles. The van der Waals surface area contributed by atoms with Crippen LogP contribution in [0.2, 0.25) is 0 Å². The summed E-state index contributed by atoms with van der Waals surface area (Å²) in [5.74, 6) is -1.01. The van der Waals surface area contributed by atoms with Gasteiger partial charge in [0.2, 0.25) is 0 Å². The van der Waals surface area contributed by atoms with Crippen molar-refractivity contribution in [1.82, 2.24) is 0 Å². The minimum atomic E-state index is -0.815. The molecule has 0 spiro atoms. The minimum Gasteiger partial charge on any atom is -0.462 e. The van der Waals surface area contributed by atoms with E-state index in [0.717, 1.165) is 64.2 Å². The average Bonchev–Trinajstić information content (AvgIpc) is 3.26. The Kier molecular flexibility index (Phi) is 45.6. The lowest BCUT2D eigenvalue weighted by Crippen LogP contribution is -2.30. The molecule has 0 aromatic heterocycles. The van der Waals surface area contributed by atoms with Crippen molar-refractivity contribution in [3.63, 3.8) is 0 Å². The quantitative estimate of drug-likeness (QED) is 0.0200. The van der Waals surface area contributed by atoms with E-state index in [0.29, 0.717) is 19.3 Å². The fourth-order valence-corrected chi connectivity index (χ4v) is 6.29. The molecule has 0 aliphatic heterocycles. The molecule has 61 heavy (non-hydrogen) atoms. The fourth-order valence-electron chi connectivity index (χ4n) is 6.29. The molecule has 0 aliphatic rings. The largest absolute Gasteiger partial charge is 0.462 e. The van der Waals surface area contributed by atoms with Gasteiger partial charge >= 0.3 is 17.9 Å². The van der Waals surface area contributed by atoms with Crippen LogP contribution in [0.5, 0.6) is 0 Å². The van der Waals surface area contributed by atoms with Crippen molar-refractivity contribution >= 4 is 17.9 Å². The summed E-state index contributed by atoms with van der Waals surface area (Å²) in [6, 6.07) is 0. The number of esters is 3. The molecule has 6 heteroatoms. The third-order valence-corrected chi connectivity index (χ3v) is 9.93. The molecule has 1 unspecified atom stereocenters. The summed E-state index contributed by atoms with van der Waals surface area (Å²) < 4.78 is 16.7. The Morgan fingerprint density at radius 3 is 1.11 bits per heavy atom. The van der Waals surface area contributed by atoms with Crippen LogP contribution in [0.25, 0.3) is 0 Å². The highest BCUT2D eigenvalue weighted by Crippen LogP contribution is 2.14. The highest BCUT2D eigenvalue weighted by atomic mass is 16.6. The van der Waals surface area contributed by atoms with Crippen LogP contribution in [0.4, 0.5) is 0 Å². The van der Waals surface area contributed by atoms with Gasteiger partial charge in [-0.15, -0.1) is 0 Å². The van der Waals surface area contributed by atoms with E-state index in [1.54, 1.807) is 0 Å². The molecule has 6 nitrogen and oxygen atoms in total. The average molecular weight is 845 g/mol. The molecule has 0 aromatic carbocycles. The first-order valence-corrected chi connectivity index (χ1v) is 24.5. The Labute approximate surface area is 374 Å². The Bertz CT molecular complexity index is 1290. The predicted octanol–water partition coefficient (Wildman–Crippen LogP) is 16.0. The summed E-state index contributed by atoms with van der Waals surface area (Å²) in [5.41, 5.74) is 0. The fraction of sp³-hybridized carbons (Fsp3) is 0.618. The maximum atomic E-state index is 12.8. The van der Waals surface area contributed by atoms with E-state index in [-0.39, 0.29) is 37.5 Å². The van der Waals surface area contributed by atoms with E-state index in [2.05, 4.69) is 75.5 Å². The summed E-state index contributed by atoms with van der Waals surface area (Å²) in [6.07, 6.45) is 65.0. The molecule has 0 N–H and O–H groups in total. The molecule has 344 valence electrons. The molecule has 0 radical (unpaired) electrons. The van der Waals surface area contributed by atoms with Gasteiger partial charge in [-0.2, -0.15) is 0 Å². The lowest BCUT2D eigenvalue weighted by atomic mass is 10.1. The van der Waals surface area contributed by atoms with E-state index in [9.17, 15) is 14.4 Å². The van der Waals surface area contributed by atoms with Crippen LogP contribution in [0, 0.1) is 0 Å². The Morgan fingerprint density at radius 1 is 0.344 bits per heavy atom. The highest BCUT2D eigenvalue weighted by molar-refractivity contribution is 5.71. The minimum absolute atomic E-state index is 0.111. The Morgan fingerprint density at radius 2 is 0.672 bits per heavy atom. The number of hydrogen-bond acceptors (Lipinski definition) is 6. The third-order valence-electron chi connectivity index (χ3n) is 9.93. The lowest BCUT2D eigenvalue weighted by Gasteiger charge is -2.18. The Hall–Kier alpha value is -3.93. The number of carbonyl (C=O) groups is 3. The van der Waals surface area contributed by atoms with Crippen molar-refractivity contribution in [2.24, 2.45) is 0 Å². The molecule has 1 atom stereocenters. The molecule has 0 rings (SSSR count). The van der Waals surface area contributed by atoms with Crippen LogP contribution in [0.15, 0.2) is 109 Å². The number of hydrogen-bond donors (Lipinski definition) is 0. The number of rotatable bonds is 42. The molecule has 0 amide bonds. The lowest BCUT2D eigenvalue weighted by molar-refractivity contribution is -0.167. The zero-order valence-corrected chi connectivity index (χ0v) is 39.1. The van der Waals surface area contributed by atoms with Gasteiger partial charge in [0.05, 0.1) is 0 Å². The van der Waals surface area contributed by atoms with Crippen LogP contribution < -0.4 is 0 Å². The SMILES string of the molecule is CC/C=C/C=C/C=C/C=C/C=C/CCCC(=O)OCC(COC(=O)CCCCCCCCC/C=C/C=C/C=C/CC)OC(=O)CCCCCCCCC/C=C/CCCCCC. The first kappa shape index (κ1) is 57.1. The monoisotopic (exact) mass is 845 g/mol. The summed E-state index contributed by atoms with van der Waals surface area (Å²) in [5, 5.41) is 0. The second-order valence-electron chi connectivity index (χ2n) is 15.8. The third kappa shape index (κ3) is 47.0. The van der Waals surface area contributed by atoms with Crippen molar-refractivity contribution in [3.8, 4) is 0 Å². The van der Waals surface area contributed by atoms with Crippen LogP contribution >= 0.6 is 0 Å². The molecule has 0 fully saturated rings. The number of unbranched alkanes of at least 4 members (excludes halogenated alkanes) is 19. The van der Waals surface area contributed by atoms with Crippen molar-refractivity contribution < 1.29 is 28.6 Å². The van der Waals surface area contributed by atoms with Crippen molar-refractivity contribution in [2.45, 2.75) is 207 Å². The van der Waals surface area contributed by atoms with Gasteiger partial charge in [0.1, 0.15) is 13.2 Å². The summed E-state index contributed by atoms with van der Waals surface area (Å²) in [4.78, 5) is 37.9. The van der Waals surface area contributed by atoms with Gasteiger partial charge < -0.3 is 14.2 Å². The van der Waals surface area contributed by atoms with Gasteiger partial charge in [-0.1, -0.05) is 214 Å². The van der Waals surface area contributed by atoms with Gasteiger partial charge in [-0.3, -0.25) is 14.4 Å². The van der Waals surface area contributed by atoms with Crippen LogP contribution in [-0.4, -0.2) is 37.2 Å². The van der Waals surface area contributed by atoms with Crippen LogP contribution in [-0.2, 0) is 28.6 Å². The van der Waals surface area contributed by atoms with Gasteiger partial charge in [0.15, 0.2) is 6.10 Å². The second-order valence-corrected chi connectivity index (χ2v) is 15.8. The highest BCUT2D eigenvalue weighted by Gasteiger charge is 2.19. The van der Waals surface area contributed by atoms with Gasteiger partial charge in [-0.25, -0.2) is 0 Å². The Balaban J connectivity index is 4.52. The summed E-state index contributed by atoms with van der Waals surface area (Å²) in [7, 11) is 0. The van der Waals surface area contributed by atoms with E-state index in [1.165, 1.54) is 89.9 Å². The van der Waals surface area contributed by atoms with E-state index >= 15 is 0 Å². The zero-order valence-electron chi connectivity index (χ0n) is 39.1. The molecule has 0 aromatic rings. The standard InChI is InChI=1S/C55H88O6/c1-4-7-10-13-16-19-22-25-27-30-33-36-39-42-45-48-54(57)60-51-52(50-59-53(56)47-44-41-38-35-32-29-24-21-18-15-12-9-6-3)61-55(58)49-46-43-40-37-34-31-28-26-23-20-17-14-11-8-5-2/h7,9-10,12-13,15-16,18-24,29,32,35,38,52H,4-6,8,11,14,17,25-28,30-31,33-34,36-37,39-51H2,1-3H3/b10-7+,12-9+,16-13+,18-15+,22-19+,23-20+,24-21+,32-29+,38-35+. The summed E-state index contributed by atoms with van der Waals surface area (Å²) >= 11 is 0. The van der Waals surface area contributed by atoms with Gasteiger partial charge in [0, 0.05) is 19.3 Å². The van der Waals surface area contributed by atoms with E-state index in [4.69, 9.17) is 14.2 Å². The molecule has 0 bridgehead atoms. The smallest absolute Gasteiger partial charge is 0.306 e. The predicted molar refractivity (Wildman–Crippen MR) is 260 cm³/mol.